The third-order valence-corrected chi connectivity index (χ3v) is 7.92. The Bertz CT molecular complexity index is 839. The van der Waals surface area contributed by atoms with Crippen LogP contribution in [0.3, 0.4) is 0 Å². The summed E-state index contributed by atoms with van der Waals surface area (Å²) in [6.07, 6.45) is 19.3. The van der Waals surface area contributed by atoms with Gasteiger partial charge in [0.2, 0.25) is 11.6 Å². The molecular weight excluding hydrogens is 538 g/mol. The van der Waals surface area contributed by atoms with Crippen LogP contribution in [0.15, 0.2) is 24.4 Å². The summed E-state index contributed by atoms with van der Waals surface area (Å²) in [5, 5.41) is 2.82. The zero-order chi connectivity index (χ0) is 30.0. The maximum absolute atomic E-state index is 12.4. The molecule has 1 rings (SSSR count). The molecule has 0 atom stereocenters. The summed E-state index contributed by atoms with van der Waals surface area (Å²) >= 11 is 1.53. The molecule has 0 spiro atoms. The molecule has 0 aliphatic heterocycles. The number of alkyl carbamates (subject to hydrolysis) is 1. The van der Waals surface area contributed by atoms with E-state index in [1.54, 1.807) is 0 Å². The number of carbonyl (C=O) groups excluding carboxylic acids is 3. The van der Waals surface area contributed by atoms with Gasteiger partial charge in [-0.2, -0.15) is 11.8 Å². The number of carbonyl (C=O) groups is 3. The number of rotatable bonds is 24. The van der Waals surface area contributed by atoms with Crippen molar-refractivity contribution in [1.29, 1.82) is 0 Å². The lowest BCUT2D eigenvalue weighted by Gasteiger charge is -2.17. The Labute approximate surface area is 253 Å². The van der Waals surface area contributed by atoms with Crippen molar-refractivity contribution >= 4 is 29.9 Å². The highest BCUT2D eigenvalue weighted by atomic mass is 32.2. The average Bonchev–Trinajstić information content (AvgIpc) is 2.97. The second-order valence-electron chi connectivity index (χ2n) is 10.5. The third-order valence-electron chi connectivity index (χ3n) is 7.01. The molecule has 0 bridgehead atoms. The van der Waals surface area contributed by atoms with Crippen molar-refractivity contribution in [2.45, 2.75) is 124 Å². The van der Waals surface area contributed by atoms with Crippen LogP contribution in [0.1, 0.15) is 116 Å². The number of hydrogen-bond acceptors (Lipinski definition) is 6. The normalized spacial score (nSPS) is 10.8. The zero-order valence-electron chi connectivity index (χ0n) is 26.0. The van der Waals surface area contributed by atoms with E-state index in [4.69, 9.17) is 9.47 Å². The van der Waals surface area contributed by atoms with Crippen molar-refractivity contribution in [3.05, 3.63) is 30.1 Å². The first-order valence-electron chi connectivity index (χ1n) is 15.9. The Morgan fingerprint density at radius 3 is 1.93 bits per heavy atom. The molecule has 1 aromatic heterocycles. The first kappa shape index (κ1) is 36.7. The average molecular weight is 595 g/mol. The molecule has 8 nitrogen and oxygen atoms in total. The highest BCUT2D eigenvalue weighted by molar-refractivity contribution is 7.99. The lowest BCUT2D eigenvalue weighted by molar-refractivity contribution is -0.701. The molecule has 0 radical (unpaired) electrons. The van der Waals surface area contributed by atoms with E-state index in [1.165, 1.54) is 95.7 Å². The van der Waals surface area contributed by atoms with Crippen molar-refractivity contribution in [3.63, 3.8) is 0 Å². The largest absolute Gasteiger partial charge is 0.449 e. The molecule has 0 fully saturated rings. The Hall–Kier alpha value is -2.29. The second-order valence-corrected chi connectivity index (χ2v) is 11.7. The molecule has 1 aromatic rings. The molecule has 0 unspecified atom stereocenters. The first-order valence-corrected chi connectivity index (χ1v) is 17.1. The molecule has 1 N–H and O–H groups in total. The first-order chi connectivity index (χ1) is 20.0. The van der Waals surface area contributed by atoms with Crippen molar-refractivity contribution in [2.75, 3.05) is 31.3 Å². The topological polar surface area (TPSA) is 88.8 Å². The van der Waals surface area contributed by atoms with Gasteiger partial charge in [0, 0.05) is 37.1 Å². The van der Waals surface area contributed by atoms with Crippen LogP contribution in [0.25, 0.3) is 0 Å². The summed E-state index contributed by atoms with van der Waals surface area (Å²) in [4.78, 5) is 37.4. The zero-order valence-corrected chi connectivity index (χ0v) is 26.8. The molecule has 0 saturated heterocycles. The highest BCUT2D eigenvalue weighted by Crippen LogP contribution is 2.13. The van der Waals surface area contributed by atoms with E-state index in [0.717, 1.165) is 30.0 Å². The molecule has 0 saturated carbocycles. The van der Waals surface area contributed by atoms with Gasteiger partial charge in [-0.25, -0.2) is 19.1 Å². The molecule has 9 heteroatoms. The van der Waals surface area contributed by atoms with Crippen molar-refractivity contribution in [2.24, 2.45) is 0 Å². The van der Waals surface area contributed by atoms with Gasteiger partial charge in [0.15, 0.2) is 6.20 Å². The maximum Gasteiger partial charge on any atom is 0.417 e. The van der Waals surface area contributed by atoms with E-state index >= 15 is 0 Å². The number of nitrogens with one attached hydrogen (secondary N) is 1. The number of hydrogen-bond donors (Lipinski definition) is 1. The van der Waals surface area contributed by atoms with E-state index < -0.39 is 6.09 Å². The summed E-state index contributed by atoms with van der Waals surface area (Å²) in [7, 11) is 0. The minimum atomic E-state index is -0.649. The quantitative estimate of drug-likeness (QED) is 0.0990. The summed E-state index contributed by atoms with van der Waals surface area (Å²) < 4.78 is 12.5. The molecule has 0 aliphatic carbocycles. The minimum absolute atomic E-state index is 0.165. The van der Waals surface area contributed by atoms with Crippen molar-refractivity contribution in [3.8, 4) is 0 Å². The molecular formula is C32H56N3O5S+. The Morgan fingerprint density at radius 2 is 1.37 bits per heavy atom. The molecule has 0 aliphatic rings. The summed E-state index contributed by atoms with van der Waals surface area (Å²) in [5.74, 6) is 0.811. The van der Waals surface area contributed by atoms with Crippen molar-refractivity contribution < 1.29 is 28.4 Å². The van der Waals surface area contributed by atoms with Crippen LogP contribution < -0.4 is 9.88 Å². The van der Waals surface area contributed by atoms with E-state index in [2.05, 4.69) is 12.2 Å². The predicted octanol–water partition coefficient (Wildman–Crippen LogP) is 7.42. The van der Waals surface area contributed by atoms with Gasteiger partial charge in [-0.3, -0.25) is 4.79 Å². The summed E-state index contributed by atoms with van der Waals surface area (Å²) in [6.45, 7) is 7.66. The summed E-state index contributed by atoms with van der Waals surface area (Å²) in [6, 6.07) is 5.68. The van der Waals surface area contributed by atoms with Crippen LogP contribution in [0, 0.1) is 0 Å². The van der Waals surface area contributed by atoms with E-state index in [-0.39, 0.29) is 25.2 Å². The van der Waals surface area contributed by atoms with E-state index in [0.29, 0.717) is 24.7 Å². The summed E-state index contributed by atoms with van der Waals surface area (Å²) in [5.41, 5.74) is 0.858. The second kappa shape index (κ2) is 25.4. The van der Waals surface area contributed by atoms with Gasteiger partial charge in [0.25, 0.3) is 0 Å². The maximum atomic E-state index is 12.4. The fraction of sp³-hybridized carbons (Fsp3) is 0.750. The molecule has 1 heterocycles. The number of amides is 3. The standard InChI is InChI=1S/C32H55N3O5S/c1-4-6-7-8-9-10-11-12-13-14-15-16-17-19-22-33-31(37)39-24-26-41-27-25-40-32(38)35(29(3)36)28-30-21-18-20-23-34(30)5-2/h18,20-21,23H,4-17,19,22,24-28H2,1-3H3/p+1. The van der Waals surface area contributed by atoms with Gasteiger partial charge in [-0.1, -0.05) is 96.5 Å². The monoisotopic (exact) mass is 594 g/mol. The highest BCUT2D eigenvalue weighted by Gasteiger charge is 2.23. The number of pyridine rings is 1. The van der Waals surface area contributed by atoms with Crippen LogP contribution in [0.4, 0.5) is 9.59 Å². The predicted molar refractivity (Wildman–Crippen MR) is 167 cm³/mol. The lowest BCUT2D eigenvalue weighted by Crippen LogP contribution is -2.43. The van der Waals surface area contributed by atoms with Crippen molar-refractivity contribution in [1.82, 2.24) is 10.2 Å². The van der Waals surface area contributed by atoms with E-state index in [9.17, 15) is 14.4 Å². The van der Waals surface area contributed by atoms with Gasteiger partial charge in [0.05, 0.1) is 0 Å². The van der Waals surface area contributed by atoms with Crippen LogP contribution in [-0.2, 0) is 27.4 Å². The number of aryl methyl sites for hydroxylation is 1. The van der Waals surface area contributed by atoms with Gasteiger partial charge >= 0.3 is 12.2 Å². The Balaban J connectivity index is 1.95. The number of unbranched alkanes of at least 4 members (excludes halogenated alkanes) is 13. The van der Waals surface area contributed by atoms with Crippen LogP contribution >= 0.6 is 11.8 Å². The smallest absolute Gasteiger partial charge is 0.417 e. The van der Waals surface area contributed by atoms with Crippen LogP contribution in [0.5, 0.6) is 0 Å². The lowest BCUT2D eigenvalue weighted by atomic mass is 10.0. The molecule has 3 amide bonds. The number of ether oxygens (including phenoxy) is 2. The molecule has 41 heavy (non-hydrogen) atoms. The fourth-order valence-corrected chi connectivity index (χ4v) is 5.16. The molecule has 0 aromatic carbocycles. The SMILES string of the molecule is CCCCCCCCCCCCCCCCNC(=O)OCCSCCOC(=O)N(Cc1cccc[n+]1CC)C(C)=O. The van der Waals surface area contributed by atoms with Crippen LogP contribution in [0.2, 0.25) is 0 Å². The number of nitrogens with zero attached hydrogens (tertiary/aromatic N) is 2. The third kappa shape index (κ3) is 19.5. The Morgan fingerprint density at radius 1 is 0.805 bits per heavy atom. The number of thioether (sulfide) groups is 1. The van der Waals surface area contributed by atoms with Gasteiger partial charge in [-0.15, -0.1) is 0 Å². The van der Waals surface area contributed by atoms with E-state index in [1.807, 2.05) is 35.9 Å². The molecule has 234 valence electrons. The van der Waals surface area contributed by atoms with Gasteiger partial charge < -0.3 is 14.8 Å². The number of imide groups is 1. The van der Waals surface area contributed by atoms with Gasteiger partial charge in [-0.05, 0) is 13.3 Å². The fourth-order valence-electron chi connectivity index (χ4n) is 4.55. The Kier molecular flexibility index (Phi) is 22.8. The van der Waals surface area contributed by atoms with Crippen LogP contribution in [-0.4, -0.2) is 54.3 Å². The minimum Gasteiger partial charge on any atom is -0.449 e. The van der Waals surface area contributed by atoms with Gasteiger partial charge in [0.1, 0.15) is 26.3 Å². The number of aromatic nitrogens is 1.